The molecule has 4 heteroatoms. The summed E-state index contributed by atoms with van der Waals surface area (Å²) >= 11 is 3.38. The average molecular weight is 321 g/mol. The highest BCUT2D eigenvalue weighted by Crippen LogP contribution is 2.22. The number of nitrogens with two attached hydrogens (primary N) is 1. The normalized spacial score (nSPS) is 10.2. The van der Waals surface area contributed by atoms with Gasteiger partial charge in [-0.1, -0.05) is 28.1 Å². The first kappa shape index (κ1) is 13.7. The van der Waals surface area contributed by atoms with E-state index in [0.717, 1.165) is 21.6 Å². The maximum atomic E-state index is 5.90. The highest BCUT2D eigenvalue weighted by atomic mass is 79.9. The van der Waals surface area contributed by atoms with Gasteiger partial charge >= 0.3 is 0 Å². The van der Waals surface area contributed by atoms with Gasteiger partial charge in [0, 0.05) is 11.0 Å². The van der Waals surface area contributed by atoms with E-state index in [0.29, 0.717) is 13.2 Å². The third-order valence-electron chi connectivity index (χ3n) is 2.69. The molecule has 0 fully saturated rings. The first-order chi connectivity index (χ1) is 9.15. The van der Waals surface area contributed by atoms with Gasteiger partial charge in [-0.05, 0) is 42.8 Å². The van der Waals surface area contributed by atoms with Crippen molar-refractivity contribution in [3.05, 3.63) is 52.5 Å². The van der Waals surface area contributed by atoms with Crippen molar-refractivity contribution in [3.63, 3.8) is 0 Å². The standard InChI is InChI=1S/C15H17BrN2O/c1-11-3-2-4-13(9-11)19-8-7-18-15-6-5-12(16)10-14(15)17/h2-6,9-10,18H,7-8,17H2,1H3. The predicted octanol–water partition coefficient (Wildman–Crippen LogP) is 3.83. The van der Waals surface area contributed by atoms with E-state index in [1.54, 1.807) is 0 Å². The molecule has 2 aromatic carbocycles. The molecule has 0 saturated carbocycles. The maximum absolute atomic E-state index is 5.90. The predicted molar refractivity (Wildman–Crippen MR) is 83.7 cm³/mol. The summed E-state index contributed by atoms with van der Waals surface area (Å²) in [5.74, 6) is 0.894. The Hall–Kier alpha value is -1.68. The third kappa shape index (κ3) is 4.17. The SMILES string of the molecule is Cc1cccc(OCCNc2ccc(Br)cc2N)c1. The highest BCUT2D eigenvalue weighted by molar-refractivity contribution is 9.10. The van der Waals surface area contributed by atoms with Crippen LogP contribution in [0.25, 0.3) is 0 Å². The van der Waals surface area contributed by atoms with Crippen LogP contribution < -0.4 is 15.8 Å². The Labute approximate surface area is 121 Å². The van der Waals surface area contributed by atoms with Gasteiger partial charge in [-0.3, -0.25) is 0 Å². The zero-order valence-corrected chi connectivity index (χ0v) is 12.4. The van der Waals surface area contributed by atoms with Crippen molar-refractivity contribution in [3.8, 4) is 5.75 Å². The van der Waals surface area contributed by atoms with Crippen molar-refractivity contribution < 1.29 is 4.74 Å². The second-order valence-electron chi connectivity index (χ2n) is 4.32. The second kappa shape index (κ2) is 6.48. The average Bonchev–Trinajstić information content (AvgIpc) is 2.37. The molecular formula is C15H17BrN2O. The van der Waals surface area contributed by atoms with E-state index >= 15 is 0 Å². The number of aryl methyl sites for hydroxylation is 1. The highest BCUT2D eigenvalue weighted by Gasteiger charge is 1.99. The number of halogens is 1. The number of rotatable bonds is 5. The molecule has 0 aliphatic heterocycles. The molecule has 2 aromatic rings. The van der Waals surface area contributed by atoms with E-state index in [1.807, 2.05) is 49.4 Å². The van der Waals surface area contributed by atoms with E-state index in [4.69, 9.17) is 10.5 Å². The molecule has 0 aliphatic rings. The van der Waals surface area contributed by atoms with Gasteiger partial charge in [-0.2, -0.15) is 0 Å². The van der Waals surface area contributed by atoms with Crippen LogP contribution in [0.4, 0.5) is 11.4 Å². The molecule has 0 radical (unpaired) electrons. The number of hydrogen-bond acceptors (Lipinski definition) is 3. The van der Waals surface area contributed by atoms with Crippen LogP contribution in [0.15, 0.2) is 46.9 Å². The Morgan fingerprint density at radius 3 is 2.79 bits per heavy atom. The molecular weight excluding hydrogens is 304 g/mol. The minimum atomic E-state index is 0.596. The molecule has 0 unspecified atom stereocenters. The maximum Gasteiger partial charge on any atom is 0.119 e. The molecule has 2 rings (SSSR count). The fourth-order valence-corrected chi connectivity index (χ4v) is 2.13. The molecule has 0 spiro atoms. The van der Waals surface area contributed by atoms with Crippen molar-refractivity contribution in [1.82, 2.24) is 0 Å². The zero-order valence-electron chi connectivity index (χ0n) is 10.8. The van der Waals surface area contributed by atoms with Gasteiger partial charge in [-0.15, -0.1) is 0 Å². The van der Waals surface area contributed by atoms with Gasteiger partial charge in [-0.25, -0.2) is 0 Å². The summed E-state index contributed by atoms with van der Waals surface area (Å²) in [6.45, 7) is 3.35. The summed E-state index contributed by atoms with van der Waals surface area (Å²) in [5.41, 5.74) is 8.75. The lowest BCUT2D eigenvalue weighted by Gasteiger charge is -2.11. The van der Waals surface area contributed by atoms with Gasteiger partial charge in [0.1, 0.15) is 12.4 Å². The summed E-state index contributed by atoms with van der Waals surface area (Å²) in [5, 5.41) is 3.25. The first-order valence-electron chi connectivity index (χ1n) is 6.13. The zero-order chi connectivity index (χ0) is 13.7. The van der Waals surface area contributed by atoms with Gasteiger partial charge in [0.25, 0.3) is 0 Å². The summed E-state index contributed by atoms with van der Waals surface area (Å²) < 4.78 is 6.64. The van der Waals surface area contributed by atoms with Gasteiger partial charge in [0.2, 0.25) is 0 Å². The number of nitrogens with one attached hydrogen (secondary N) is 1. The number of anilines is 2. The Morgan fingerprint density at radius 1 is 1.21 bits per heavy atom. The molecule has 0 aromatic heterocycles. The second-order valence-corrected chi connectivity index (χ2v) is 5.24. The van der Waals surface area contributed by atoms with Crippen LogP contribution in [0.2, 0.25) is 0 Å². The Kier molecular flexibility index (Phi) is 4.68. The fraction of sp³-hybridized carbons (Fsp3) is 0.200. The molecule has 0 heterocycles. The quantitative estimate of drug-likeness (QED) is 0.650. The molecule has 100 valence electrons. The number of hydrogen-bond donors (Lipinski definition) is 2. The van der Waals surface area contributed by atoms with E-state index in [9.17, 15) is 0 Å². The van der Waals surface area contributed by atoms with Crippen molar-refractivity contribution in [2.75, 3.05) is 24.2 Å². The lowest BCUT2D eigenvalue weighted by molar-refractivity contribution is 0.332. The van der Waals surface area contributed by atoms with Crippen LogP contribution >= 0.6 is 15.9 Å². The Balaban J connectivity index is 1.81. The minimum Gasteiger partial charge on any atom is -0.492 e. The van der Waals surface area contributed by atoms with Crippen molar-refractivity contribution >= 4 is 27.3 Å². The van der Waals surface area contributed by atoms with Crippen molar-refractivity contribution in [2.45, 2.75) is 6.92 Å². The van der Waals surface area contributed by atoms with Gasteiger partial charge in [0.05, 0.1) is 11.4 Å². The lowest BCUT2D eigenvalue weighted by Crippen LogP contribution is -2.12. The Morgan fingerprint density at radius 2 is 2.05 bits per heavy atom. The summed E-state index contributed by atoms with van der Waals surface area (Å²) in [6.07, 6.45) is 0. The van der Waals surface area contributed by atoms with E-state index < -0.39 is 0 Å². The number of nitrogen functional groups attached to an aromatic ring is 1. The molecule has 3 nitrogen and oxygen atoms in total. The molecule has 0 saturated heterocycles. The van der Waals surface area contributed by atoms with Crippen molar-refractivity contribution in [1.29, 1.82) is 0 Å². The number of ether oxygens (including phenoxy) is 1. The topological polar surface area (TPSA) is 47.3 Å². The van der Waals surface area contributed by atoms with Crippen LogP contribution in [0.5, 0.6) is 5.75 Å². The van der Waals surface area contributed by atoms with Crippen LogP contribution in [0, 0.1) is 6.92 Å². The van der Waals surface area contributed by atoms with Crippen LogP contribution in [0.1, 0.15) is 5.56 Å². The van der Waals surface area contributed by atoms with E-state index in [1.165, 1.54) is 5.56 Å². The summed E-state index contributed by atoms with van der Waals surface area (Å²) in [7, 11) is 0. The lowest BCUT2D eigenvalue weighted by atomic mass is 10.2. The molecule has 0 aliphatic carbocycles. The largest absolute Gasteiger partial charge is 0.492 e. The smallest absolute Gasteiger partial charge is 0.119 e. The molecule has 3 N–H and O–H groups in total. The monoisotopic (exact) mass is 320 g/mol. The van der Waals surface area contributed by atoms with E-state index in [2.05, 4.69) is 21.2 Å². The minimum absolute atomic E-state index is 0.596. The molecule has 0 amide bonds. The summed E-state index contributed by atoms with van der Waals surface area (Å²) in [4.78, 5) is 0. The third-order valence-corrected chi connectivity index (χ3v) is 3.18. The molecule has 19 heavy (non-hydrogen) atoms. The Bertz CT molecular complexity index is 558. The van der Waals surface area contributed by atoms with Crippen LogP contribution in [0.3, 0.4) is 0 Å². The molecule has 0 atom stereocenters. The van der Waals surface area contributed by atoms with Crippen LogP contribution in [-0.4, -0.2) is 13.2 Å². The fourth-order valence-electron chi connectivity index (χ4n) is 1.75. The molecule has 0 bridgehead atoms. The van der Waals surface area contributed by atoms with Gasteiger partial charge in [0.15, 0.2) is 0 Å². The van der Waals surface area contributed by atoms with Crippen LogP contribution in [-0.2, 0) is 0 Å². The van der Waals surface area contributed by atoms with E-state index in [-0.39, 0.29) is 0 Å². The first-order valence-corrected chi connectivity index (χ1v) is 6.93. The van der Waals surface area contributed by atoms with Crippen molar-refractivity contribution in [2.24, 2.45) is 0 Å². The van der Waals surface area contributed by atoms with Gasteiger partial charge < -0.3 is 15.8 Å². The summed E-state index contributed by atoms with van der Waals surface area (Å²) in [6, 6.07) is 13.8. The number of benzene rings is 2.